The van der Waals surface area contributed by atoms with E-state index >= 15 is 0 Å². The number of rotatable bonds is 6. The number of thioether (sulfide) groups is 1. The lowest BCUT2D eigenvalue weighted by Crippen LogP contribution is -2.68. The third kappa shape index (κ3) is 3.30. The van der Waals surface area contributed by atoms with E-state index in [0.29, 0.717) is 10.5 Å². The summed E-state index contributed by atoms with van der Waals surface area (Å²) >= 11 is 1.18. The van der Waals surface area contributed by atoms with Gasteiger partial charge in [-0.05, 0) is 32.4 Å². The summed E-state index contributed by atoms with van der Waals surface area (Å²) in [7, 11) is 1.69. The van der Waals surface area contributed by atoms with Gasteiger partial charge in [-0.25, -0.2) is 0 Å². The molecule has 6 heteroatoms. The van der Waals surface area contributed by atoms with Crippen molar-refractivity contribution >= 4 is 23.6 Å². The summed E-state index contributed by atoms with van der Waals surface area (Å²) in [4.78, 5) is 24.4. The van der Waals surface area contributed by atoms with E-state index in [1.165, 1.54) is 11.8 Å². The number of carbonyl (C=O) groups excluding carboxylic acids is 1. The van der Waals surface area contributed by atoms with E-state index in [2.05, 4.69) is 19.2 Å². The van der Waals surface area contributed by atoms with E-state index in [1.807, 2.05) is 13.0 Å². The minimum Gasteiger partial charge on any atom is -0.480 e. The van der Waals surface area contributed by atoms with Crippen molar-refractivity contribution < 1.29 is 19.4 Å². The van der Waals surface area contributed by atoms with Gasteiger partial charge in [0.15, 0.2) is 0 Å². The highest BCUT2D eigenvalue weighted by Crippen LogP contribution is 2.51. The van der Waals surface area contributed by atoms with Gasteiger partial charge in [0, 0.05) is 23.5 Å². The number of carboxylic acid groups (broad SMARTS) is 1. The van der Waals surface area contributed by atoms with Crippen LogP contribution in [0.2, 0.25) is 0 Å². The van der Waals surface area contributed by atoms with Gasteiger partial charge in [-0.15, -0.1) is 11.8 Å². The Hall–Kier alpha value is -1.53. The molecule has 1 aliphatic carbocycles. The second kappa shape index (κ2) is 6.76. The third-order valence-electron chi connectivity index (χ3n) is 5.37. The number of methoxy groups -OCH3 is 1. The predicted molar refractivity (Wildman–Crippen MR) is 94.5 cm³/mol. The standard InChI is InChI=1S/C18H25NO4S/c1-11(16(21)22)24-13-9-7-6-8-12(13)15(20)19-14-10-18(4,23-5)17(14,2)3/h6-9,11,14H,10H2,1-5H3,(H,19,20)(H,21,22). The average molecular weight is 351 g/mol. The Morgan fingerprint density at radius 1 is 1.33 bits per heavy atom. The Morgan fingerprint density at radius 3 is 2.50 bits per heavy atom. The van der Waals surface area contributed by atoms with Crippen LogP contribution in [0.1, 0.15) is 44.5 Å². The van der Waals surface area contributed by atoms with Crippen molar-refractivity contribution in [2.45, 2.75) is 55.9 Å². The first kappa shape index (κ1) is 18.8. The van der Waals surface area contributed by atoms with Gasteiger partial charge < -0.3 is 15.2 Å². The van der Waals surface area contributed by atoms with Crippen molar-refractivity contribution in [3.8, 4) is 0 Å². The molecule has 2 N–H and O–H groups in total. The highest BCUT2D eigenvalue weighted by molar-refractivity contribution is 8.00. The molecule has 3 unspecified atom stereocenters. The molecule has 1 aromatic carbocycles. The Morgan fingerprint density at radius 2 is 1.96 bits per heavy atom. The number of aliphatic carboxylic acids is 1. The molecule has 24 heavy (non-hydrogen) atoms. The largest absolute Gasteiger partial charge is 0.480 e. The van der Waals surface area contributed by atoms with Crippen LogP contribution in [-0.2, 0) is 9.53 Å². The van der Waals surface area contributed by atoms with Gasteiger partial charge in [0.2, 0.25) is 0 Å². The van der Waals surface area contributed by atoms with Gasteiger partial charge in [0.1, 0.15) is 5.25 Å². The van der Waals surface area contributed by atoms with E-state index in [0.717, 1.165) is 6.42 Å². The van der Waals surface area contributed by atoms with Crippen LogP contribution in [0.3, 0.4) is 0 Å². The molecule has 0 aliphatic heterocycles. The molecule has 1 saturated carbocycles. The first-order valence-electron chi connectivity index (χ1n) is 7.97. The molecule has 1 aliphatic rings. The van der Waals surface area contributed by atoms with Crippen LogP contribution >= 0.6 is 11.8 Å². The van der Waals surface area contributed by atoms with Crippen LogP contribution in [0.4, 0.5) is 0 Å². The predicted octanol–water partition coefficient (Wildman–Crippen LogP) is 3.19. The Balaban J connectivity index is 2.13. The zero-order valence-corrected chi connectivity index (χ0v) is 15.6. The summed E-state index contributed by atoms with van der Waals surface area (Å²) in [5, 5.41) is 11.5. The first-order chi connectivity index (χ1) is 11.1. The molecule has 0 heterocycles. The molecular formula is C18H25NO4S. The van der Waals surface area contributed by atoms with Crippen molar-refractivity contribution in [3.63, 3.8) is 0 Å². The van der Waals surface area contributed by atoms with Crippen molar-refractivity contribution in [1.29, 1.82) is 0 Å². The lowest BCUT2D eigenvalue weighted by molar-refractivity contribution is -0.177. The zero-order chi connectivity index (χ0) is 18.1. The van der Waals surface area contributed by atoms with E-state index in [4.69, 9.17) is 9.84 Å². The smallest absolute Gasteiger partial charge is 0.316 e. The van der Waals surface area contributed by atoms with E-state index < -0.39 is 11.2 Å². The van der Waals surface area contributed by atoms with Crippen LogP contribution < -0.4 is 5.32 Å². The van der Waals surface area contributed by atoms with E-state index in [-0.39, 0.29) is 23.0 Å². The fourth-order valence-electron chi connectivity index (χ4n) is 2.96. The Bertz CT molecular complexity index is 646. The SMILES string of the molecule is COC1(C)CC(NC(=O)c2ccccc2SC(C)C(=O)O)C1(C)C. The molecule has 0 spiro atoms. The van der Waals surface area contributed by atoms with Crippen LogP contribution in [-0.4, -0.2) is 41.0 Å². The average Bonchev–Trinajstić information content (AvgIpc) is 2.54. The van der Waals surface area contributed by atoms with E-state index in [9.17, 15) is 9.59 Å². The van der Waals surface area contributed by atoms with Crippen LogP contribution in [0.25, 0.3) is 0 Å². The van der Waals surface area contributed by atoms with Crippen molar-refractivity contribution in [3.05, 3.63) is 29.8 Å². The number of carbonyl (C=O) groups is 2. The maximum absolute atomic E-state index is 12.7. The Kier molecular flexibility index (Phi) is 5.30. The van der Waals surface area contributed by atoms with Gasteiger partial charge in [0.25, 0.3) is 5.91 Å². The van der Waals surface area contributed by atoms with Crippen LogP contribution in [0.15, 0.2) is 29.2 Å². The number of ether oxygens (including phenoxy) is 1. The summed E-state index contributed by atoms with van der Waals surface area (Å²) in [5.74, 6) is -1.07. The molecule has 5 nitrogen and oxygen atoms in total. The molecule has 0 aromatic heterocycles. The van der Waals surface area contributed by atoms with Gasteiger partial charge in [-0.3, -0.25) is 9.59 Å². The topological polar surface area (TPSA) is 75.6 Å². The summed E-state index contributed by atoms with van der Waals surface area (Å²) < 4.78 is 5.59. The number of hydrogen-bond acceptors (Lipinski definition) is 4. The highest BCUT2D eigenvalue weighted by Gasteiger charge is 2.58. The minimum absolute atomic E-state index is 0.0184. The van der Waals surface area contributed by atoms with Crippen LogP contribution in [0.5, 0.6) is 0 Å². The van der Waals surface area contributed by atoms with Crippen LogP contribution in [0, 0.1) is 5.41 Å². The lowest BCUT2D eigenvalue weighted by atomic mass is 9.56. The Labute approximate surface area is 147 Å². The maximum atomic E-state index is 12.7. The molecule has 0 saturated heterocycles. The molecule has 1 amide bonds. The fraction of sp³-hybridized carbons (Fsp3) is 0.556. The molecule has 0 bridgehead atoms. The quantitative estimate of drug-likeness (QED) is 0.770. The molecular weight excluding hydrogens is 326 g/mol. The number of carboxylic acids is 1. The third-order valence-corrected chi connectivity index (χ3v) is 6.53. The number of benzene rings is 1. The summed E-state index contributed by atoms with van der Waals surface area (Å²) in [6, 6.07) is 7.13. The maximum Gasteiger partial charge on any atom is 0.316 e. The monoisotopic (exact) mass is 351 g/mol. The number of hydrogen-bond donors (Lipinski definition) is 2. The van der Waals surface area contributed by atoms with Gasteiger partial charge in [0.05, 0.1) is 11.2 Å². The van der Waals surface area contributed by atoms with E-state index in [1.54, 1.807) is 32.2 Å². The van der Waals surface area contributed by atoms with Gasteiger partial charge >= 0.3 is 5.97 Å². The molecule has 132 valence electrons. The molecule has 1 aromatic rings. The summed E-state index contributed by atoms with van der Waals surface area (Å²) in [6.07, 6.45) is 0.753. The second-order valence-electron chi connectivity index (χ2n) is 6.98. The summed E-state index contributed by atoms with van der Waals surface area (Å²) in [5.41, 5.74) is 0.0858. The number of amides is 1. The highest BCUT2D eigenvalue weighted by atomic mass is 32.2. The normalized spacial score (nSPS) is 26.3. The minimum atomic E-state index is -0.897. The van der Waals surface area contributed by atoms with Crippen molar-refractivity contribution in [2.24, 2.45) is 5.41 Å². The zero-order valence-electron chi connectivity index (χ0n) is 14.8. The van der Waals surface area contributed by atoms with Crippen molar-refractivity contribution in [2.75, 3.05) is 7.11 Å². The molecule has 2 rings (SSSR count). The first-order valence-corrected chi connectivity index (χ1v) is 8.85. The molecule has 0 radical (unpaired) electrons. The molecule has 3 atom stereocenters. The fourth-order valence-corrected chi connectivity index (χ4v) is 3.88. The van der Waals surface area contributed by atoms with Crippen molar-refractivity contribution in [1.82, 2.24) is 5.32 Å². The van der Waals surface area contributed by atoms with Gasteiger partial charge in [-0.2, -0.15) is 0 Å². The number of nitrogens with one attached hydrogen (secondary N) is 1. The lowest BCUT2D eigenvalue weighted by Gasteiger charge is -2.59. The summed E-state index contributed by atoms with van der Waals surface area (Å²) in [6.45, 7) is 7.82. The second-order valence-corrected chi connectivity index (χ2v) is 8.36. The molecule has 1 fully saturated rings. The van der Waals surface area contributed by atoms with Gasteiger partial charge in [-0.1, -0.05) is 26.0 Å².